The Bertz CT molecular complexity index is 318. The average molecular weight is 290 g/mol. The molecule has 0 aliphatic heterocycles. The maximum Gasteiger partial charge on any atom is 0.329 e. The van der Waals surface area contributed by atoms with Crippen LogP contribution in [0.25, 0.3) is 0 Å². The molecule has 0 radical (unpaired) electrons. The molecule has 0 aromatic heterocycles. The van der Waals surface area contributed by atoms with Crippen molar-refractivity contribution in [2.75, 3.05) is 18.6 Å². The Morgan fingerprint density at radius 3 is 2.67 bits per heavy atom. The number of amides is 1. The molecule has 0 bridgehead atoms. The first-order valence-corrected chi connectivity index (χ1v) is 7.16. The Kier molecular flexibility index (Phi) is 9.60. The van der Waals surface area contributed by atoms with Gasteiger partial charge in [-0.1, -0.05) is 0 Å². The van der Waals surface area contributed by atoms with Gasteiger partial charge in [0, 0.05) is 30.1 Å². The quantitative estimate of drug-likeness (QED) is 0.515. The van der Waals surface area contributed by atoms with Gasteiger partial charge < -0.3 is 10.1 Å². The van der Waals surface area contributed by atoms with E-state index in [4.69, 9.17) is 5.26 Å². The summed E-state index contributed by atoms with van der Waals surface area (Å²) < 4.78 is 4.61. The van der Waals surface area contributed by atoms with E-state index >= 15 is 0 Å². The molecule has 5 nitrogen and oxygen atoms in total. The number of ether oxygens (including phenoxy) is 1. The highest BCUT2D eigenvalue weighted by molar-refractivity contribution is 8.00. The van der Waals surface area contributed by atoms with Gasteiger partial charge in [-0.3, -0.25) is 4.79 Å². The van der Waals surface area contributed by atoms with E-state index in [9.17, 15) is 9.59 Å². The highest BCUT2D eigenvalue weighted by Crippen LogP contribution is 2.13. The summed E-state index contributed by atoms with van der Waals surface area (Å²) in [6.07, 6.45) is 1.19. The summed E-state index contributed by atoms with van der Waals surface area (Å²) in [6.45, 7) is 1.36. The summed E-state index contributed by atoms with van der Waals surface area (Å²) in [5, 5.41) is 11.1. The van der Waals surface area contributed by atoms with Crippen LogP contribution in [0, 0.1) is 11.3 Å². The molecule has 0 rings (SSSR count). The number of nitrogens with one attached hydrogen (secondary N) is 1. The third kappa shape index (κ3) is 8.25. The summed E-state index contributed by atoms with van der Waals surface area (Å²) in [5.41, 5.74) is 0. The van der Waals surface area contributed by atoms with Gasteiger partial charge in [-0.15, -0.1) is 0 Å². The van der Waals surface area contributed by atoms with Crippen molar-refractivity contribution in [2.24, 2.45) is 0 Å². The van der Waals surface area contributed by atoms with E-state index in [0.29, 0.717) is 12.2 Å². The third-order valence-corrected chi connectivity index (χ3v) is 3.94. The number of thiol groups is 1. The molecule has 18 heavy (non-hydrogen) atoms. The van der Waals surface area contributed by atoms with E-state index in [2.05, 4.69) is 28.8 Å². The van der Waals surface area contributed by atoms with Gasteiger partial charge in [-0.25, -0.2) is 4.79 Å². The smallest absolute Gasteiger partial charge is 0.329 e. The molecule has 0 aromatic carbocycles. The summed E-state index contributed by atoms with van der Waals surface area (Å²) >= 11 is 5.84. The van der Waals surface area contributed by atoms with Gasteiger partial charge in [-0.05, 0) is 6.42 Å². The van der Waals surface area contributed by atoms with Crippen LogP contribution in [0.5, 0.6) is 0 Å². The van der Waals surface area contributed by atoms with Crippen LogP contribution < -0.4 is 5.32 Å². The molecule has 2 atom stereocenters. The SMILES string of the molecule is COC(=O)[C@H](CSCC(S)CCC#N)NC(C)=O. The average Bonchev–Trinajstić information content (AvgIpc) is 2.33. The van der Waals surface area contributed by atoms with Crippen LogP contribution in [0.4, 0.5) is 0 Å². The Balaban J connectivity index is 4.00. The van der Waals surface area contributed by atoms with Gasteiger partial charge in [-0.2, -0.15) is 29.7 Å². The van der Waals surface area contributed by atoms with Crippen LogP contribution in [-0.4, -0.2) is 41.8 Å². The standard InChI is InChI=1S/C11H18N2O3S2/c1-8(14)13-10(11(15)16-2)7-18-6-9(17)4-3-5-12/h9-10,17H,3-4,6-7H2,1-2H3,(H,13,14)/t9?,10-/m0/s1. The Labute approximate surface area is 117 Å². The second-order valence-corrected chi connectivity index (χ2v) is 5.47. The fourth-order valence-corrected chi connectivity index (χ4v) is 2.67. The summed E-state index contributed by atoms with van der Waals surface area (Å²) in [5.74, 6) is 0.441. The van der Waals surface area contributed by atoms with Crippen molar-refractivity contribution in [1.82, 2.24) is 5.32 Å². The second kappa shape index (κ2) is 10.1. The van der Waals surface area contributed by atoms with E-state index in [1.54, 1.807) is 0 Å². The van der Waals surface area contributed by atoms with E-state index in [0.717, 1.165) is 12.2 Å². The third-order valence-electron chi connectivity index (χ3n) is 2.05. The van der Waals surface area contributed by atoms with Crippen LogP contribution in [0.2, 0.25) is 0 Å². The Morgan fingerprint density at radius 2 is 2.17 bits per heavy atom. The summed E-state index contributed by atoms with van der Waals surface area (Å²) in [6, 6.07) is 1.43. The molecule has 7 heteroatoms. The van der Waals surface area contributed by atoms with Gasteiger partial charge in [0.2, 0.25) is 5.91 Å². The molecule has 0 saturated heterocycles. The first-order valence-electron chi connectivity index (χ1n) is 5.49. The predicted octanol–water partition coefficient (Wildman–Crippen LogP) is 0.999. The normalized spacial score (nSPS) is 13.2. The van der Waals surface area contributed by atoms with E-state index in [1.807, 2.05) is 0 Å². The minimum Gasteiger partial charge on any atom is -0.467 e. The van der Waals surface area contributed by atoms with Crippen molar-refractivity contribution in [3.8, 4) is 6.07 Å². The number of methoxy groups -OCH3 is 1. The van der Waals surface area contributed by atoms with Crippen molar-refractivity contribution in [3.05, 3.63) is 0 Å². The van der Waals surface area contributed by atoms with Gasteiger partial charge in [0.05, 0.1) is 13.2 Å². The highest BCUT2D eigenvalue weighted by atomic mass is 32.2. The number of esters is 1. The zero-order valence-electron chi connectivity index (χ0n) is 10.5. The molecule has 0 fully saturated rings. The van der Waals surface area contributed by atoms with Crippen LogP contribution in [0.3, 0.4) is 0 Å². The number of hydrogen-bond donors (Lipinski definition) is 2. The molecule has 0 saturated carbocycles. The number of nitrogens with zero attached hydrogens (tertiary/aromatic N) is 1. The minimum atomic E-state index is -0.631. The molecule has 0 aliphatic rings. The molecule has 0 heterocycles. The van der Waals surface area contributed by atoms with Crippen LogP contribution in [0.1, 0.15) is 19.8 Å². The maximum atomic E-state index is 11.4. The molecule has 0 aromatic rings. The molecule has 0 spiro atoms. The fourth-order valence-electron chi connectivity index (χ4n) is 1.19. The monoisotopic (exact) mass is 290 g/mol. The number of thioether (sulfide) groups is 1. The first-order chi connectivity index (χ1) is 8.51. The number of hydrogen-bond acceptors (Lipinski definition) is 6. The zero-order chi connectivity index (χ0) is 14.0. The van der Waals surface area contributed by atoms with Crippen LogP contribution in [-0.2, 0) is 14.3 Å². The highest BCUT2D eigenvalue weighted by Gasteiger charge is 2.20. The van der Waals surface area contributed by atoms with Gasteiger partial charge in [0.1, 0.15) is 6.04 Å². The zero-order valence-corrected chi connectivity index (χ0v) is 12.2. The predicted molar refractivity (Wildman–Crippen MR) is 74.6 cm³/mol. The van der Waals surface area contributed by atoms with E-state index in [1.165, 1.54) is 25.8 Å². The molecule has 1 N–H and O–H groups in total. The van der Waals surface area contributed by atoms with Crippen LogP contribution in [0.15, 0.2) is 0 Å². The lowest BCUT2D eigenvalue weighted by Crippen LogP contribution is -2.42. The number of nitriles is 1. The molecular formula is C11H18N2O3S2. The van der Waals surface area contributed by atoms with E-state index < -0.39 is 12.0 Å². The van der Waals surface area contributed by atoms with Crippen molar-refractivity contribution in [1.29, 1.82) is 5.26 Å². The topological polar surface area (TPSA) is 79.2 Å². The molecule has 1 unspecified atom stereocenters. The molecule has 1 amide bonds. The fraction of sp³-hybridized carbons (Fsp3) is 0.727. The summed E-state index contributed by atoms with van der Waals surface area (Å²) in [7, 11) is 1.29. The van der Waals surface area contributed by atoms with Gasteiger partial charge in [0.15, 0.2) is 0 Å². The number of carbonyl (C=O) groups excluding carboxylic acids is 2. The van der Waals surface area contributed by atoms with Gasteiger partial charge >= 0.3 is 5.97 Å². The summed E-state index contributed by atoms with van der Waals surface area (Å²) in [4.78, 5) is 22.3. The van der Waals surface area contributed by atoms with Crippen molar-refractivity contribution in [3.63, 3.8) is 0 Å². The van der Waals surface area contributed by atoms with Crippen LogP contribution >= 0.6 is 24.4 Å². The maximum absolute atomic E-state index is 11.4. The van der Waals surface area contributed by atoms with Crippen molar-refractivity contribution in [2.45, 2.75) is 31.1 Å². The lowest BCUT2D eigenvalue weighted by Gasteiger charge is -2.16. The second-order valence-electron chi connectivity index (χ2n) is 3.66. The number of carbonyl (C=O) groups is 2. The number of rotatable bonds is 8. The Hall–Kier alpha value is -0.870. The lowest BCUT2D eigenvalue weighted by molar-refractivity contribution is -0.144. The Morgan fingerprint density at radius 1 is 1.50 bits per heavy atom. The molecule has 0 aliphatic carbocycles. The molecule has 102 valence electrons. The molecular weight excluding hydrogens is 272 g/mol. The van der Waals surface area contributed by atoms with E-state index in [-0.39, 0.29) is 11.2 Å². The first kappa shape index (κ1) is 17.1. The van der Waals surface area contributed by atoms with Crippen molar-refractivity contribution < 1.29 is 14.3 Å². The minimum absolute atomic E-state index is 0.116. The largest absolute Gasteiger partial charge is 0.467 e. The van der Waals surface area contributed by atoms with Gasteiger partial charge in [0.25, 0.3) is 0 Å². The lowest BCUT2D eigenvalue weighted by atomic mass is 10.3. The van der Waals surface area contributed by atoms with Crippen molar-refractivity contribution >= 4 is 36.3 Å².